The Bertz CT molecular complexity index is 182. The molecule has 0 saturated carbocycles. The molecule has 0 aliphatic carbocycles. The predicted molar refractivity (Wildman–Crippen MR) is 58.0 cm³/mol. The fourth-order valence-corrected chi connectivity index (χ4v) is 2.22. The molecule has 1 amide bonds. The lowest BCUT2D eigenvalue weighted by atomic mass is 10.0. The number of carbonyl (C=O) groups is 1. The van der Waals surface area contributed by atoms with Gasteiger partial charge in [0.05, 0.1) is 4.83 Å². The Balaban J connectivity index is 2.36. The highest BCUT2D eigenvalue weighted by Gasteiger charge is 2.27. The number of amides is 1. The van der Waals surface area contributed by atoms with Crippen LogP contribution in [0.15, 0.2) is 0 Å². The second-order valence-corrected chi connectivity index (χ2v) is 5.22. The molecule has 2 atom stereocenters. The van der Waals surface area contributed by atoms with Crippen LogP contribution in [0.4, 0.5) is 0 Å². The fourth-order valence-electron chi connectivity index (χ4n) is 1.93. The molecule has 2 unspecified atom stereocenters. The quantitative estimate of drug-likeness (QED) is 0.702. The summed E-state index contributed by atoms with van der Waals surface area (Å²) in [6.07, 6.45) is 3.69. The maximum atomic E-state index is 11.6. The van der Waals surface area contributed by atoms with Crippen LogP contribution in [0.2, 0.25) is 0 Å². The molecule has 0 bridgehead atoms. The van der Waals surface area contributed by atoms with Crippen molar-refractivity contribution in [2.75, 3.05) is 13.1 Å². The van der Waals surface area contributed by atoms with Gasteiger partial charge in [0, 0.05) is 13.1 Å². The van der Waals surface area contributed by atoms with E-state index in [-0.39, 0.29) is 10.7 Å². The van der Waals surface area contributed by atoms with Gasteiger partial charge in [-0.2, -0.15) is 0 Å². The molecule has 0 N–H and O–H groups in total. The Morgan fingerprint density at radius 3 is 2.92 bits per heavy atom. The lowest BCUT2D eigenvalue weighted by Gasteiger charge is -2.17. The first kappa shape index (κ1) is 11.0. The SMILES string of the molecule is CCCC1CCN(C(=O)C(C)Br)C1. The zero-order chi connectivity index (χ0) is 9.84. The highest BCUT2D eigenvalue weighted by molar-refractivity contribution is 9.10. The van der Waals surface area contributed by atoms with Gasteiger partial charge in [-0.15, -0.1) is 0 Å². The molecule has 1 aliphatic heterocycles. The van der Waals surface area contributed by atoms with E-state index in [1.54, 1.807) is 0 Å². The summed E-state index contributed by atoms with van der Waals surface area (Å²) in [5.41, 5.74) is 0. The van der Waals surface area contributed by atoms with Gasteiger partial charge in [-0.25, -0.2) is 0 Å². The summed E-state index contributed by atoms with van der Waals surface area (Å²) in [5, 5.41) is 0. The number of nitrogens with zero attached hydrogens (tertiary/aromatic N) is 1. The zero-order valence-corrected chi connectivity index (χ0v) is 10.0. The molecule has 3 heteroatoms. The Hall–Kier alpha value is -0.0500. The van der Waals surface area contributed by atoms with Crippen LogP contribution in [-0.4, -0.2) is 28.7 Å². The highest BCUT2D eigenvalue weighted by atomic mass is 79.9. The van der Waals surface area contributed by atoms with E-state index in [9.17, 15) is 4.79 Å². The summed E-state index contributed by atoms with van der Waals surface area (Å²) in [4.78, 5) is 13.5. The van der Waals surface area contributed by atoms with Crippen molar-refractivity contribution in [3.63, 3.8) is 0 Å². The third-order valence-electron chi connectivity index (χ3n) is 2.63. The third kappa shape index (κ3) is 2.97. The molecule has 0 spiro atoms. The van der Waals surface area contributed by atoms with E-state index < -0.39 is 0 Å². The first-order valence-corrected chi connectivity index (χ1v) is 5.99. The lowest BCUT2D eigenvalue weighted by Crippen LogP contribution is -2.33. The molecule has 0 radical (unpaired) electrons. The van der Waals surface area contributed by atoms with Crippen LogP contribution in [0, 0.1) is 5.92 Å². The van der Waals surface area contributed by atoms with Crippen LogP contribution in [0.25, 0.3) is 0 Å². The molecule has 0 aromatic carbocycles. The minimum Gasteiger partial charge on any atom is -0.341 e. The molecular weight excluding hydrogens is 230 g/mol. The number of hydrogen-bond acceptors (Lipinski definition) is 1. The van der Waals surface area contributed by atoms with Crippen LogP contribution >= 0.6 is 15.9 Å². The van der Waals surface area contributed by atoms with Crippen LogP contribution in [0.5, 0.6) is 0 Å². The van der Waals surface area contributed by atoms with Crippen molar-refractivity contribution in [1.82, 2.24) is 4.90 Å². The lowest BCUT2D eigenvalue weighted by molar-refractivity contribution is -0.129. The van der Waals surface area contributed by atoms with Crippen molar-refractivity contribution in [3.05, 3.63) is 0 Å². The maximum Gasteiger partial charge on any atom is 0.236 e. The van der Waals surface area contributed by atoms with E-state index >= 15 is 0 Å². The fraction of sp³-hybridized carbons (Fsp3) is 0.900. The average Bonchev–Trinajstić information content (AvgIpc) is 2.52. The summed E-state index contributed by atoms with van der Waals surface area (Å²) in [5.74, 6) is 0.999. The number of rotatable bonds is 3. The Kier molecular flexibility index (Phi) is 4.23. The van der Waals surface area contributed by atoms with Crippen LogP contribution in [-0.2, 0) is 4.79 Å². The monoisotopic (exact) mass is 247 g/mol. The average molecular weight is 248 g/mol. The van der Waals surface area contributed by atoms with Gasteiger partial charge >= 0.3 is 0 Å². The number of likely N-dealkylation sites (tertiary alicyclic amines) is 1. The predicted octanol–water partition coefficient (Wildman–Crippen LogP) is 2.42. The van der Waals surface area contributed by atoms with Gasteiger partial charge in [-0.3, -0.25) is 4.79 Å². The number of halogens is 1. The minimum atomic E-state index is -0.0205. The van der Waals surface area contributed by atoms with E-state index in [0.717, 1.165) is 19.0 Å². The first-order valence-electron chi connectivity index (χ1n) is 5.08. The number of carbonyl (C=O) groups excluding carboxylic acids is 1. The molecule has 1 rings (SSSR count). The molecule has 2 nitrogen and oxygen atoms in total. The van der Waals surface area contributed by atoms with Crippen LogP contribution < -0.4 is 0 Å². The van der Waals surface area contributed by atoms with Crippen molar-refractivity contribution in [2.24, 2.45) is 5.92 Å². The smallest absolute Gasteiger partial charge is 0.236 e. The second-order valence-electron chi connectivity index (χ2n) is 3.84. The zero-order valence-electron chi connectivity index (χ0n) is 8.42. The molecule has 0 aromatic rings. The molecular formula is C10H18BrNO. The molecule has 1 fully saturated rings. The van der Waals surface area contributed by atoms with E-state index in [1.165, 1.54) is 19.3 Å². The van der Waals surface area contributed by atoms with Crippen molar-refractivity contribution >= 4 is 21.8 Å². The summed E-state index contributed by atoms with van der Waals surface area (Å²) in [6.45, 7) is 6.04. The normalized spacial score (nSPS) is 24.8. The maximum absolute atomic E-state index is 11.6. The van der Waals surface area contributed by atoms with Crippen molar-refractivity contribution in [1.29, 1.82) is 0 Å². The van der Waals surface area contributed by atoms with E-state index in [0.29, 0.717) is 0 Å². The second kappa shape index (κ2) is 4.99. The standard InChI is InChI=1S/C10H18BrNO/c1-3-4-9-5-6-12(7-9)10(13)8(2)11/h8-9H,3-7H2,1-2H3. The summed E-state index contributed by atoms with van der Waals surface area (Å²) in [7, 11) is 0. The van der Waals surface area contributed by atoms with E-state index in [1.807, 2.05) is 11.8 Å². The number of alkyl halides is 1. The third-order valence-corrected chi connectivity index (χ3v) is 3.03. The van der Waals surface area contributed by atoms with Crippen LogP contribution in [0.1, 0.15) is 33.1 Å². The highest BCUT2D eigenvalue weighted by Crippen LogP contribution is 2.22. The largest absolute Gasteiger partial charge is 0.341 e. The van der Waals surface area contributed by atoms with E-state index in [4.69, 9.17) is 0 Å². The number of hydrogen-bond donors (Lipinski definition) is 0. The molecule has 0 aromatic heterocycles. The molecule has 1 saturated heterocycles. The molecule has 1 aliphatic rings. The molecule has 13 heavy (non-hydrogen) atoms. The topological polar surface area (TPSA) is 20.3 Å². The Labute approximate surface area is 88.8 Å². The molecule has 1 heterocycles. The van der Waals surface area contributed by atoms with Crippen molar-refractivity contribution < 1.29 is 4.79 Å². The Morgan fingerprint density at radius 2 is 2.38 bits per heavy atom. The van der Waals surface area contributed by atoms with Crippen molar-refractivity contribution in [2.45, 2.75) is 37.9 Å². The van der Waals surface area contributed by atoms with E-state index in [2.05, 4.69) is 22.9 Å². The van der Waals surface area contributed by atoms with Gasteiger partial charge in [-0.1, -0.05) is 29.3 Å². The first-order chi connectivity index (χ1) is 6.15. The van der Waals surface area contributed by atoms with Crippen LogP contribution in [0.3, 0.4) is 0 Å². The summed E-state index contributed by atoms with van der Waals surface area (Å²) >= 11 is 3.32. The van der Waals surface area contributed by atoms with Gasteiger partial charge in [0.25, 0.3) is 0 Å². The van der Waals surface area contributed by atoms with Gasteiger partial charge < -0.3 is 4.90 Å². The van der Waals surface area contributed by atoms with Crippen molar-refractivity contribution in [3.8, 4) is 0 Å². The van der Waals surface area contributed by atoms with Gasteiger partial charge in [0.15, 0.2) is 0 Å². The van der Waals surface area contributed by atoms with Gasteiger partial charge in [0.2, 0.25) is 5.91 Å². The Morgan fingerprint density at radius 1 is 1.69 bits per heavy atom. The summed E-state index contributed by atoms with van der Waals surface area (Å²) in [6, 6.07) is 0. The molecule has 76 valence electrons. The van der Waals surface area contributed by atoms with Gasteiger partial charge in [0.1, 0.15) is 0 Å². The minimum absolute atomic E-state index is 0.0205. The van der Waals surface area contributed by atoms with Gasteiger partial charge in [-0.05, 0) is 25.7 Å². The summed E-state index contributed by atoms with van der Waals surface area (Å²) < 4.78 is 0.